The quantitative estimate of drug-likeness (QED) is 0.707. The molecule has 1 unspecified atom stereocenters. The largest absolute Gasteiger partial charge is 0.447 e. The van der Waals surface area contributed by atoms with E-state index in [0.29, 0.717) is 31.1 Å². The number of anilines is 2. The molecule has 2 aliphatic heterocycles. The standard InChI is InChI=1S/C23H29N5O4/c1-15-11-16(2)21(25-17(15)3)26-7-9-27(10-8-26)22(29)18-5-6-20(24-12-18)28-19(13-31-4)14-32-23(28)30/h5-6,11-12,19H,7-10,13-14H2,1-4H3. The Hall–Kier alpha value is -3.20. The number of rotatable bonds is 5. The summed E-state index contributed by atoms with van der Waals surface area (Å²) in [6.07, 6.45) is 1.07. The molecule has 2 fully saturated rings. The zero-order valence-electron chi connectivity index (χ0n) is 19.0. The number of pyridine rings is 2. The van der Waals surface area contributed by atoms with Gasteiger partial charge in [-0.25, -0.2) is 14.8 Å². The number of cyclic esters (lactones) is 1. The van der Waals surface area contributed by atoms with E-state index in [2.05, 4.69) is 29.8 Å². The van der Waals surface area contributed by atoms with Crippen LogP contribution in [0, 0.1) is 20.8 Å². The first-order valence-electron chi connectivity index (χ1n) is 10.8. The summed E-state index contributed by atoms with van der Waals surface area (Å²) in [6, 6.07) is 5.33. The molecule has 0 saturated carbocycles. The monoisotopic (exact) mass is 439 g/mol. The average molecular weight is 440 g/mol. The zero-order valence-corrected chi connectivity index (χ0v) is 19.0. The molecule has 0 bridgehead atoms. The fourth-order valence-electron chi connectivity index (χ4n) is 4.16. The van der Waals surface area contributed by atoms with Crippen molar-refractivity contribution in [2.45, 2.75) is 26.8 Å². The lowest BCUT2D eigenvalue weighted by Crippen LogP contribution is -2.49. The Morgan fingerprint density at radius 2 is 1.91 bits per heavy atom. The normalized spacial score (nSPS) is 18.8. The first-order chi connectivity index (χ1) is 15.4. The van der Waals surface area contributed by atoms with E-state index < -0.39 is 6.09 Å². The van der Waals surface area contributed by atoms with E-state index in [9.17, 15) is 9.59 Å². The zero-order chi connectivity index (χ0) is 22.8. The Labute approximate surface area is 187 Å². The number of hydrogen-bond acceptors (Lipinski definition) is 7. The van der Waals surface area contributed by atoms with Crippen molar-refractivity contribution in [3.05, 3.63) is 46.8 Å². The van der Waals surface area contributed by atoms with Gasteiger partial charge in [0.2, 0.25) is 0 Å². The summed E-state index contributed by atoms with van der Waals surface area (Å²) in [7, 11) is 1.58. The molecule has 0 aliphatic carbocycles. The number of piperazine rings is 1. The van der Waals surface area contributed by atoms with Crippen LogP contribution in [-0.2, 0) is 9.47 Å². The molecule has 0 N–H and O–H groups in total. The predicted octanol–water partition coefficient (Wildman–Crippen LogP) is 2.34. The van der Waals surface area contributed by atoms with Crippen molar-refractivity contribution in [1.29, 1.82) is 0 Å². The third-order valence-electron chi connectivity index (χ3n) is 6.06. The van der Waals surface area contributed by atoms with Crippen molar-refractivity contribution >= 4 is 23.6 Å². The number of ether oxygens (including phenoxy) is 2. The average Bonchev–Trinajstić information content (AvgIpc) is 3.16. The van der Waals surface area contributed by atoms with Gasteiger partial charge in [0, 0.05) is 45.2 Å². The molecule has 32 heavy (non-hydrogen) atoms. The van der Waals surface area contributed by atoms with E-state index in [1.807, 2.05) is 11.8 Å². The fourth-order valence-corrected chi connectivity index (χ4v) is 4.16. The van der Waals surface area contributed by atoms with E-state index in [4.69, 9.17) is 14.5 Å². The molecule has 2 saturated heterocycles. The summed E-state index contributed by atoms with van der Waals surface area (Å²) < 4.78 is 10.3. The van der Waals surface area contributed by atoms with E-state index in [-0.39, 0.29) is 18.6 Å². The molecule has 2 amide bonds. The van der Waals surface area contributed by atoms with E-state index in [1.165, 1.54) is 16.7 Å². The number of nitrogens with zero attached hydrogens (tertiary/aromatic N) is 5. The highest BCUT2D eigenvalue weighted by atomic mass is 16.6. The minimum Gasteiger partial charge on any atom is -0.447 e. The van der Waals surface area contributed by atoms with Crippen molar-refractivity contribution in [2.75, 3.05) is 56.3 Å². The topological polar surface area (TPSA) is 88.1 Å². The first kappa shape index (κ1) is 22.0. The van der Waals surface area contributed by atoms with Crippen LogP contribution in [0.1, 0.15) is 27.2 Å². The molecule has 0 aromatic carbocycles. The van der Waals surface area contributed by atoms with Gasteiger partial charge in [-0.15, -0.1) is 0 Å². The number of hydrogen-bond donors (Lipinski definition) is 0. The number of methoxy groups -OCH3 is 1. The van der Waals surface area contributed by atoms with Gasteiger partial charge < -0.3 is 19.3 Å². The maximum absolute atomic E-state index is 13.0. The van der Waals surface area contributed by atoms with E-state index >= 15 is 0 Å². The minimum atomic E-state index is -0.454. The number of carbonyl (C=O) groups excluding carboxylic acids is 2. The molecule has 170 valence electrons. The number of carbonyl (C=O) groups is 2. The molecule has 2 aromatic heterocycles. The molecule has 0 radical (unpaired) electrons. The lowest BCUT2D eigenvalue weighted by atomic mass is 10.1. The van der Waals surface area contributed by atoms with Gasteiger partial charge in [-0.1, -0.05) is 6.07 Å². The second kappa shape index (κ2) is 9.12. The lowest BCUT2D eigenvalue weighted by Gasteiger charge is -2.36. The third kappa shape index (κ3) is 4.25. The summed E-state index contributed by atoms with van der Waals surface area (Å²) in [5.74, 6) is 1.38. The van der Waals surface area contributed by atoms with Crippen LogP contribution in [0.5, 0.6) is 0 Å². The maximum Gasteiger partial charge on any atom is 0.416 e. The molecule has 9 heteroatoms. The van der Waals surface area contributed by atoms with Crippen LogP contribution in [0.3, 0.4) is 0 Å². The lowest BCUT2D eigenvalue weighted by molar-refractivity contribution is 0.0746. The Morgan fingerprint density at radius 1 is 1.16 bits per heavy atom. The molecular weight excluding hydrogens is 410 g/mol. The highest BCUT2D eigenvalue weighted by Crippen LogP contribution is 2.24. The van der Waals surface area contributed by atoms with Crippen LogP contribution in [0.25, 0.3) is 0 Å². The van der Waals surface area contributed by atoms with Crippen LogP contribution in [0.4, 0.5) is 16.4 Å². The molecule has 4 heterocycles. The molecule has 2 aliphatic rings. The van der Waals surface area contributed by atoms with E-state index in [0.717, 1.165) is 30.2 Å². The summed E-state index contributed by atoms with van der Waals surface area (Å²) in [4.78, 5) is 39.7. The number of aromatic nitrogens is 2. The van der Waals surface area contributed by atoms with Gasteiger partial charge in [-0.05, 0) is 44.0 Å². The van der Waals surface area contributed by atoms with Gasteiger partial charge >= 0.3 is 6.09 Å². The van der Waals surface area contributed by atoms with Crippen LogP contribution < -0.4 is 9.80 Å². The van der Waals surface area contributed by atoms with Gasteiger partial charge in [0.05, 0.1) is 18.2 Å². The molecule has 0 spiro atoms. The Kier molecular flexibility index (Phi) is 6.27. The smallest absolute Gasteiger partial charge is 0.416 e. The van der Waals surface area contributed by atoms with Crippen LogP contribution in [-0.4, -0.2) is 79.4 Å². The van der Waals surface area contributed by atoms with Crippen molar-refractivity contribution in [2.24, 2.45) is 0 Å². The van der Waals surface area contributed by atoms with Gasteiger partial charge in [-0.2, -0.15) is 0 Å². The number of amides is 2. The van der Waals surface area contributed by atoms with Gasteiger partial charge in [0.1, 0.15) is 18.2 Å². The van der Waals surface area contributed by atoms with Crippen LogP contribution >= 0.6 is 0 Å². The van der Waals surface area contributed by atoms with Crippen molar-refractivity contribution in [1.82, 2.24) is 14.9 Å². The van der Waals surface area contributed by atoms with E-state index in [1.54, 1.807) is 19.2 Å². The van der Waals surface area contributed by atoms with Crippen molar-refractivity contribution in [3.8, 4) is 0 Å². The van der Waals surface area contributed by atoms with Gasteiger partial charge in [-0.3, -0.25) is 9.69 Å². The van der Waals surface area contributed by atoms with Crippen molar-refractivity contribution in [3.63, 3.8) is 0 Å². The van der Waals surface area contributed by atoms with Crippen molar-refractivity contribution < 1.29 is 19.1 Å². The van der Waals surface area contributed by atoms with Gasteiger partial charge in [0.25, 0.3) is 5.91 Å². The summed E-state index contributed by atoms with van der Waals surface area (Å²) in [5.41, 5.74) is 3.87. The first-order valence-corrected chi connectivity index (χ1v) is 10.8. The Balaban J connectivity index is 1.40. The van der Waals surface area contributed by atoms with Gasteiger partial charge in [0.15, 0.2) is 0 Å². The highest BCUT2D eigenvalue weighted by molar-refractivity contribution is 5.95. The van der Waals surface area contributed by atoms with Crippen LogP contribution in [0.15, 0.2) is 24.4 Å². The summed E-state index contributed by atoms with van der Waals surface area (Å²) >= 11 is 0. The molecule has 4 rings (SSSR count). The third-order valence-corrected chi connectivity index (χ3v) is 6.06. The molecule has 2 aromatic rings. The highest BCUT2D eigenvalue weighted by Gasteiger charge is 2.35. The minimum absolute atomic E-state index is 0.0640. The second-order valence-corrected chi connectivity index (χ2v) is 8.27. The Bertz CT molecular complexity index is 1000. The second-order valence-electron chi connectivity index (χ2n) is 8.27. The predicted molar refractivity (Wildman–Crippen MR) is 120 cm³/mol. The molecule has 9 nitrogen and oxygen atoms in total. The SMILES string of the molecule is COCC1COC(=O)N1c1ccc(C(=O)N2CCN(c3nc(C)c(C)cc3C)CC2)cn1. The Morgan fingerprint density at radius 3 is 2.56 bits per heavy atom. The molecular formula is C23H29N5O4. The molecule has 1 atom stereocenters. The fraction of sp³-hybridized carbons (Fsp3) is 0.478. The summed E-state index contributed by atoms with van der Waals surface area (Å²) in [5, 5.41) is 0. The maximum atomic E-state index is 13.0. The number of aryl methyl sites for hydroxylation is 3. The summed E-state index contributed by atoms with van der Waals surface area (Å²) in [6.45, 7) is 9.46. The van der Waals surface area contributed by atoms with Crippen LogP contribution in [0.2, 0.25) is 0 Å².